The second kappa shape index (κ2) is 11.9. The zero-order chi connectivity index (χ0) is 31.7. The van der Waals surface area contributed by atoms with Gasteiger partial charge in [-0.3, -0.25) is 0 Å². The highest BCUT2D eigenvalue weighted by molar-refractivity contribution is 5.68. The lowest BCUT2D eigenvalue weighted by atomic mass is 9.98. The Morgan fingerprint density at radius 3 is 2.00 bits per heavy atom. The SMILES string of the molecule is CCc1[nH]c(COC)nc1-c1ccc(C(F)(F)F)cc1CN(Cc1cc(C(F)(F)F)cc(C(F)(F)F)c1)c1nnn(C)n1. The molecular weight excluding hydrogens is 597 g/mol. The van der Waals surface area contributed by atoms with Gasteiger partial charge in [0.05, 0.1) is 29.4 Å². The van der Waals surface area contributed by atoms with Gasteiger partial charge in [-0.1, -0.05) is 18.1 Å². The molecule has 4 aromatic rings. The normalized spacial score (nSPS) is 12.7. The van der Waals surface area contributed by atoms with Crippen LogP contribution in [0.2, 0.25) is 0 Å². The fourth-order valence-corrected chi connectivity index (χ4v) is 4.41. The van der Waals surface area contributed by atoms with Crippen LogP contribution in [0.25, 0.3) is 11.3 Å². The van der Waals surface area contributed by atoms with E-state index >= 15 is 0 Å². The Kier molecular flexibility index (Phi) is 8.76. The van der Waals surface area contributed by atoms with Crippen LogP contribution in [0.15, 0.2) is 36.4 Å². The van der Waals surface area contributed by atoms with Crippen molar-refractivity contribution in [1.29, 1.82) is 0 Å². The van der Waals surface area contributed by atoms with Gasteiger partial charge in [0.15, 0.2) is 0 Å². The van der Waals surface area contributed by atoms with Crippen molar-refractivity contribution in [2.75, 3.05) is 12.0 Å². The average Bonchev–Trinajstić information content (AvgIpc) is 3.52. The number of nitrogens with one attached hydrogen (secondary N) is 1. The van der Waals surface area contributed by atoms with E-state index in [9.17, 15) is 39.5 Å². The first-order valence-electron chi connectivity index (χ1n) is 12.5. The Morgan fingerprint density at radius 1 is 0.860 bits per heavy atom. The first-order valence-corrected chi connectivity index (χ1v) is 12.5. The minimum atomic E-state index is -5.10. The van der Waals surface area contributed by atoms with Crippen molar-refractivity contribution in [3.63, 3.8) is 0 Å². The predicted octanol–water partition coefficient (Wildman–Crippen LogP) is 6.57. The first kappa shape index (κ1) is 31.8. The molecule has 43 heavy (non-hydrogen) atoms. The zero-order valence-corrected chi connectivity index (χ0v) is 22.8. The lowest BCUT2D eigenvalue weighted by Gasteiger charge is -2.24. The van der Waals surface area contributed by atoms with E-state index in [1.165, 1.54) is 20.2 Å². The van der Waals surface area contributed by atoms with Crippen LogP contribution in [0, 0.1) is 0 Å². The third-order valence-corrected chi connectivity index (χ3v) is 6.31. The molecule has 0 saturated heterocycles. The number of nitrogens with zero attached hydrogens (tertiary/aromatic N) is 6. The highest BCUT2D eigenvalue weighted by Crippen LogP contribution is 2.38. The van der Waals surface area contributed by atoms with Gasteiger partial charge in [0.25, 0.3) is 5.95 Å². The Balaban J connectivity index is 1.86. The van der Waals surface area contributed by atoms with E-state index in [0.29, 0.717) is 35.8 Å². The smallest absolute Gasteiger partial charge is 0.377 e. The molecule has 2 aromatic heterocycles. The summed E-state index contributed by atoms with van der Waals surface area (Å²) in [6, 6.07) is 3.96. The quantitative estimate of drug-likeness (QED) is 0.213. The summed E-state index contributed by atoms with van der Waals surface area (Å²) >= 11 is 0. The van der Waals surface area contributed by atoms with Crippen LogP contribution in [0.3, 0.4) is 0 Å². The van der Waals surface area contributed by atoms with E-state index in [4.69, 9.17) is 4.74 Å². The third kappa shape index (κ3) is 7.44. The number of ether oxygens (including phenoxy) is 1. The van der Waals surface area contributed by atoms with Crippen molar-refractivity contribution in [2.24, 2.45) is 7.05 Å². The molecule has 0 unspecified atom stereocenters. The summed E-state index contributed by atoms with van der Waals surface area (Å²) in [5.41, 5.74) is -3.40. The average molecular weight is 622 g/mol. The number of H-pyrrole nitrogens is 1. The maximum Gasteiger partial charge on any atom is 0.416 e. The fraction of sp³-hybridized carbons (Fsp3) is 0.385. The lowest BCUT2D eigenvalue weighted by Crippen LogP contribution is -2.25. The number of anilines is 1. The summed E-state index contributed by atoms with van der Waals surface area (Å²) in [5.74, 6) is 0.158. The van der Waals surface area contributed by atoms with Crippen LogP contribution in [-0.2, 0) is 56.4 Å². The van der Waals surface area contributed by atoms with E-state index < -0.39 is 53.9 Å². The number of methoxy groups -OCH3 is 1. The topological polar surface area (TPSA) is 84.8 Å². The van der Waals surface area contributed by atoms with Gasteiger partial charge in [-0.05, 0) is 53.1 Å². The number of tetrazole rings is 1. The molecule has 0 saturated carbocycles. The summed E-state index contributed by atoms with van der Waals surface area (Å²) < 4.78 is 128. The van der Waals surface area contributed by atoms with Gasteiger partial charge in [0, 0.05) is 31.5 Å². The molecule has 0 atom stereocenters. The summed E-state index contributed by atoms with van der Waals surface area (Å²) in [5, 5.41) is 11.5. The summed E-state index contributed by atoms with van der Waals surface area (Å²) in [4.78, 5) is 9.63. The number of hydrogen-bond acceptors (Lipinski definition) is 6. The van der Waals surface area contributed by atoms with Crippen LogP contribution in [0.5, 0.6) is 0 Å². The molecule has 1 N–H and O–H groups in total. The molecule has 17 heteroatoms. The number of aromatic nitrogens is 6. The zero-order valence-electron chi connectivity index (χ0n) is 22.8. The number of halogens is 9. The van der Waals surface area contributed by atoms with Gasteiger partial charge in [0.1, 0.15) is 12.4 Å². The van der Waals surface area contributed by atoms with E-state index in [1.54, 1.807) is 6.92 Å². The number of aromatic amines is 1. The van der Waals surface area contributed by atoms with E-state index in [-0.39, 0.29) is 29.7 Å². The number of hydrogen-bond donors (Lipinski definition) is 1. The molecule has 0 aliphatic carbocycles. The van der Waals surface area contributed by atoms with Crippen molar-refractivity contribution >= 4 is 5.95 Å². The molecule has 8 nitrogen and oxygen atoms in total. The maximum atomic E-state index is 13.8. The van der Waals surface area contributed by atoms with Crippen LogP contribution < -0.4 is 4.90 Å². The number of alkyl halides is 9. The summed E-state index contributed by atoms with van der Waals surface area (Å²) in [6.07, 6.45) is -14.6. The second-order valence-electron chi connectivity index (χ2n) is 9.52. The maximum absolute atomic E-state index is 13.8. The molecule has 0 bridgehead atoms. The second-order valence-corrected chi connectivity index (χ2v) is 9.52. The molecule has 0 aliphatic heterocycles. The number of rotatable bonds is 9. The largest absolute Gasteiger partial charge is 0.416 e. The van der Waals surface area contributed by atoms with Gasteiger partial charge < -0.3 is 14.6 Å². The standard InChI is InChI=1S/C26H24F9N7O/c1-4-20-22(37-21(36-20)13-43-3)19-6-5-16(24(27,28)29)9-15(19)12-42(23-38-40-41(2)39-23)11-14-7-17(25(30,31)32)10-18(8-14)26(33,34)35/h5-10H,4,11-13H2,1-3H3,(H,36,37). The minimum absolute atomic E-state index is 0.00969. The van der Waals surface area contributed by atoms with Gasteiger partial charge >= 0.3 is 18.5 Å². The highest BCUT2D eigenvalue weighted by Gasteiger charge is 2.37. The number of aryl methyl sites for hydroxylation is 2. The first-order chi connectivity index (χ1) is 20.0. The molecule has 0 radical (unpaired) electrons. The lowest BCUT2D eigenvalue weighted by molar-refractivity contribution is -0.143. The van der Waals surface area contributed by atoms with Gasteiger partial charge in [-0.2, -0.15) is 44.3 Å². The summed E-state index contributed by atoms with van der Waals surface area (Å²) in [7, 11) is 2.80. The van der Waals surface area contributed by atoms with Crippen LogP contribution in [0.1, 0.15) is 46.3 Å². The van der Waals surface area contributed by atoms with Gasteiger partial charge in [-0.25, -0.2) is 4.98 Å². The molecule has 0 amide bonds. The van der Waals surface area contributed by atoms with Crippen LogP contribution >= 0.6 is 0 Å². The van der Waals surface area contributed by atoms with Crippen LogP contribution in [-0.4, -0.2) is 37.3 Å². The molecule has 0 spiro atoms. The van der Waals surface area contributed by atoms with Crippen molar-refractivity contribution < 1.29 is 44.3 Å². The molecule has 0 aliphatic rings. The Bertz CT molecular complexity index is 1540. The Morgan fingerprint density at radius 2 is 1.49 bits per heavy atom. The van der Waals surface area contributed by atoms with Gasteiger partial charge in [-0.15, -0.1) is 5.10 Å². The molecule has 0 fully saturated rings. The molecule has 2 aromatic carbocycles. The monoisotopic (exact) mass is 621 g/mol. The molecule has 2 heterocycles. The van der Waals surface area contributed by atoms with Crippen molar-refractivity contribution in [3.05, 3.63) is 75.7 Å². The van der Waals surface area contributed by atoms with E-state index in [1.807, 2.05) is 0 Å². The third-order valence-electron chi connectivity index (χ3n) is 6.31. The van der Waals surface area contributed by atoms with Crippen molar-refractivity contribution in [1.82, 2.24) is 30.2 Å². The van der Waals surface area contributed by atoms with Crippen molar-refractivity contribution in [2.45, 2.75) is 51.6 Å². The fourth-order valence-electron chi connectivity index (χ4n) is 4.41. The van der Waals surface area contributed by atoms with Crippen LogP contribution in [0.4, 0.5) is 45.5 Å². The molecular formula is C26H24F9N7O. The summed E-state index contributed by atoms with van der Waals surface area (Å²) in [6.45, 7) is 0.775. The van der Waals surface area contributed by atoms with E-state index in [0.717, 1.165) is 21.8 Å². The molecule has 232 valence electrons. The number of benzene rings is 2. The predicted molar refractivity (Wildman–Crippen MR) is 134 cm³/mol. The van der Waals surface area contributed by atoms with Crippen molar-refractivity contribution in [3.8, 4) is 11.3 Å². The van der Waals surface area contributed by atoms with Gasteiger partial charge in [0.2, 0.25) is 0 Å². The van der Waals surface area contributed by atoms with E-state index in [2.05, 4.69) is 25.4 Å². The molecule has 4 rings (SSSR count). The highest BCUT2D eigenvalue weighted by atomic mass is 19.4. The Labute approximate surface area is 238 Å². The number of imidazole rings is 1. The Hall–Kier alpha value is -4.15. The minimum Gasteiger partial charge on any atom is -0.377 e.